The standard InChI is InChI=1S/C14H21NO2/c1-10-7-11(2)13(12(3)8-10)5-6-17-14(16)9-15-4/h7-8,15H,5-6,9H2,1-4H3. The number of rotatable bonds is 5. The molecule has 3 heteroatoms. The summed E-state index contributed by atoms with van der Waals surface area (Å²) in [5.41, 5.74) is 5.10. The van der Waals surface area contributed by atoms with Crippen molar-refractivity contribution in [3.05, 3.63) is 34.4 Å². The van der Waals surface area contributed by atoms with Gasteiger partial charge in [0.25, 0.3) is 0 Å². The molecule has 0 aliphatic heterocycles. The fraction of sp³-hybridized carbons (Fsp3) is 0.500. The number of hydrogen-bond donors (Lipinski definition) is 1. The van der Waals surface area contributed by atoms with E-state index in [1.807, 2.05) is 0 Å². The van der Waals surface area contributed by atoms with Crippen LogP contribution in [0.15, 0.2) is 12.1 Å². The molecule has 1 aromatic rings. The van der Waals surface area contributed by atoms with Crippen molar-refractivity contribution in [1.29, 1.82) is 0 Å². The van der Waals surface area contributed by atoms with Gasteiger partial charge in [0.1, 0.15) is 0 Å². The fourth-order valence-electron chi connectivity index (χ4n) is 2.07. The van der Waals surface area contributed by atoms with E-state index in [4.69, 9.17) is 4.74 Å². The number of ether oxygens (including phenoxy) is 1. The van der Waals surface area contributed by atoms with Gasteiger partial charge in [0.05, 0.1) is 13.2 Å². The lowest BCUT2D eigenvalue weighted by atomic mass is 9.98. The van der Waals surface area contributed by atoms with Crippen LogP contribution in [0.5, 0.6) is 0 Å². The molecule has 0 spiro atoms. The first-order chi connectivity index (χ1) is 8.04. The first-order valence-electron chi connectivity index (χ1n) is 5.91. The molecule has 1 N–H and O–H groups in total. The lowest BCUT2D eigenvalue weighted by Gasteiger charge is -2.11. The van der Waals surface area contributed by atoms with Crippen molar-refractivity contribution in [2.75, 3.05) is 20.2 Å². The van der Waals surface area contributed by atoms with E-state index in [1.54, 1.807) is 7.05 Å². The zero-order valence-electron chi connectivity index (χ0n) is 11.1. The van der Waals surface area contributed by atoms with Crippen molar-refractivity contribution in [2.45, 2.75) is 27.2 Å². The third kappa shape index (κ3) is 4.19. The largest absolute Gasteiger partial charge is 0.464 e. The van der Waals surface area contributed by atoms with Crippen molar-refractivity contribution in [3.8, 4) is 0 Å². The SMILES string of the molecule is CNCC(=O)OCCc1c(C)cc(C)cc1C. The smallest absolute Gasteiger partial charge is 0.319 e. The van der Waals surface area contributed by atoms with Crippen LogP contribution in [-0.2, 0) is 16.0 Å². The summed E-state index contributed by atoms with van der Waals surface area (Å²) in [6, 6.07) is 4.33. The summed E-state index contributed by atoms with van der Waals surface area (Å²) in [7, 11) is 1.73. The van der Waals surface area contributed by atoms with Crippen molar-refractivity contribution in [2.24, 2.45) is 0 Å². The van der Waals surface area contributed by atoms with Gasteiger partial charge in [-0.1, -0.05) is 17.7 Å². The molecule has 0 bridgehead atoms. The first-order valence-corrected chi connectivity index (χ1v) is 5.91. The predicted molar refractivity (Wildman–Crippen MR) is 69.2 cm³/mol. The van der Waals surface area contributed by atoms with E-state index >= 15 is 0 Å². The van der Waals surface area contributed by atoms with Crippen molar-refractivity contribution < 1.29 is 9.53 Å². The van der Waals surface area contributed by atoms with Gasteiger partial charge in [-0.15, -0.1) is 0 Å². The highest BCUT2D eigenvalue weighted by molar-refractivity contribution is 5.71. The number of benzene rings is 1. The fourth-order valence-corrected chi connectivity index (χ4v) is 2.07. The summed E-state index contributed by atoms with van der Waals surface area (Å²) in [4.78, 5) is 11.2. The van der Waals surface area contributed by atoms with Crippen LogP contribution >= 0.6 is 0 Å². The van der Waals surface area contributed by atoms with Gasteiger partial charge >= 0.3 is 5.97 Å². The topological polar surface area (TPSA) is 38.3 Å². The number of aryl methyl sites for hydroxylation is 3. The van der Waals surface area contributed by atoms with Crippen molar-refractivity contribution in [1.82, 2.24) is 5.32 Å². The van der Waals surface area contributed by atoms with Crippen LogP contribution in [-0.4, -0.2) is 26.2 Å². The average molecular weight is 235 g/mol. The second-order valence-corrected chi connectivity index (χ2v) is 4.38. The maximum absolute atomic E-state index is 11.2. The highest BCUT2D eigenvalue weighted by Crippen LogP contribution is 2.16. The van der Waals surface area contributed by atoms with Crippen molar-refractivity contribution in [3.63, 3.8) is 0 Å². The summed E-state index contributed by atoms with van der Waals surface area (Å²) < 4.78 is 5.13. The van der Waals surface area contributed by atoms with Crippen LogP contribution < -0.4 is 5.32 Å². The monoisotopic (exact) mass is 235 g/mol. The van der Waals surface area contributed by atoms with Crippen LogP contribution in [0.2, 0.25) is 0 Å². The second-order valence-electron chi connectivity index (χ2n) is 4.38. The molecule has 0 heterocycles. The third-order valence-corrected chi connectivity index (χ3v) is 2.78. The Hall–Kier alpha value is -1.35. The van der Waals surface area contributed by atoms with Gasteiger partial charge in [-0.2, -0.15) is 0 Å². The molecule has 17 heavy (non-hydrogen) atoms. The highest BCUT2D eigenvalue weighted by Gasteiger charge is 2.05. The third-order valence-electron chi connectivity index (χ3n) is 2.78. The second kappa shape index (κ2) is 6.40. The molecule has 0 aromatic heterocycles. The molecule has 0 radical (unpaired) electrons. The zero-order valence-corrected chi connectivity index (χ0v) is 11.1. The Morgan fingerprint density at radius 3 is 2.35 bits per heavy atom. The summed E-state index contributed by atoms with van der Waals surface area (Å²) in [6.45, 7) is 7.02. The zero-order chi connectivity index (χ0) is 12.8. The molecule has 0 saturated heterocycles. The van der Waals surface area contributed by atoms with E-state index in [0.29, 0.717) is 6.61 Å². The molecule has 0 atom stereocenters. The quantitative estimate of drug-likeness (QED) is 0.792. The van der Waals surface area contributed by atoms with Crippen LogP contribution in [0, 0.1) is 20.8 Å². The summed E-state index contributed by atoms with van der Waals surface area (Å²) in [5.74, 6) is -0.199. The molecule has 0 unspecified atom stereocenters. The minimum Gasteiger partial charge on any atom is -0.464 e. The Morgan fingerprint density at radius 2 is 1.82 bits per heavy atom. The Balaban J connectivity index is 2.55. The molecule has 0 fully saturated rings. The molecule has 0 aliphatic carbocycles. The summed E-state index contributed by atoms with van der Waals surface area (Å²) in [5, 5.41) is 2.77. The van der Waals surface area contributed by atoms with E-state index in [9.17, 15) is 4.79 Å². The summed E-state index contributed by atoms with van der Waals surface area (Å²) in [6.07, 6.45) is 0.785. The Labute approximate surface area is 103 Å². The maximum atomic E-state index is 11.2. The number of esters is 1. The van der Waals surface area contributed by atoms with Crippen LogP contribution in [0.4, 0.5) is 0 Å². The average Bonchev–Trinajstić information content (AvgIpc) is 2.22. The van der Waals surface area contributed by atoms with Gasteiger partial charge in [0, 0.05) is 6.42 Å². The molecule has 0 saturated carbocycles. The van der Waals surface area contributed by atoms with Gasteiger partial charge in [-0.25, -0.2) is 0 Å². The minimum atomic E-state index is -0.199. The van der Waals surface area contributed by atoms with Crippen molar-refractivity contribution >= 4 is 5.97 Å². The van der Waals surface area contributed by atoms with Gasteiger partial charge in [-0.3, -0.25) is 4.79 Å². The van der Waals surface area contributed by atoms with E-state index in [0.717, 1.165) is 6.42 Å². The molecule has 0 amide bonds. The maximum Gasteiger partial charge on any atom is 0.319 e. The van der Waals surface area contributed by atoms with Gasteiger partial charge in [0.2, 0.25) is 0 Å². The van der Waals surface area contributed by atoms with E-state index in [1.165, 1.54) is 22.3 Å². The first kappa shape index (κ1) is 13.7. The number of likely N-dealkylation sites (N-methyl/N-ethyl adjacent to an activating group) is 1. The number of carbonyl (C=O) groups excluding carboxylic acids is 1. The number of carbonyl (C=O) groups is 1. The lowest BCUT2D eigenvalue weighted by Crippen LogP contribution is -2.21. The normalized spacial score (nSPS) is 10.4. The highest BCUT2D eigenvalue weighted by atomic mass is 16.5. The Bertz CT molecular complexity index is 376. The van der Waals surface area contributed by atoms with Gasteiger partial charge in [-0.05, 0) is 44.5 Å². The van der Waals surface area contributed by atoms with Gasteiger partial charge in [0.15, 0.2) is 0 Å². The predicted octanol–water partition coefficient (Wildman–Crippen LogP) is 1.92. The molecule has 1 rings (SSSR count). The van der Waals surface area contributed by atoms with E-state index < -0.39 is 0 Å². The number of nitrogens with one attached hydrogen (secondary N) is 1. The van der Waals surface area contributed by atoms with Crippen LogP contribution in [0.1, 0.15) is 22.3 Å². The lowest BCUT2D eigenvalue weighted by molar-refractivity contribution is -0.142. The molecule has 0 aliphatic rings. The van der Waals surface area contributed by atoms with E-state index in [-0.39, 0.29) is 12.5 Å². The molecular weight excluding hydrogens is 214 g/mol. The Morgan fingerprint density at radius 1 is 1.24 bits per heavy atom. The van der Waals surface area contributed by atoms with Gasteiger partial charge < -0.3 is 10.1 Å². The van der Waals surface area contributed by atoms with E-state index in [2.05, 4.69) is 38.2 Å². The van der Waals surface area contributed by atoms with Crippen LogP contribution in [0.3, 0.4) is 0 Å². The molecule has 94 valence electrons. The summed E-state index contributed by atoms with van der Waals surface area (Å²) >= 11 is 0. The minimum absolute atomic E-state index is 0.199. The molecular formula is C14H21NO2. The van der Waals surface area contributed by atoms with Crippen LogP contribution in [0.25, 0.3) is 0 Å². The molecule has 3 nitrogen and oxygen atoms in total. The Kier molecular flexibility index (Phi) is 5.16. The molecule has 1 aromatic carbocycles. The number of hydrogen-bond acceptors (Lipinski definition) is 3.